The number of hydrogen-bond donors (Lipinski definition) is 1. The van der Waals surface area contributed by atoms with Crippen molar-refractivity contribution >= 4 is 16.6 Å². The van der Waals surface area contributed by atoms with Crippen LogP contribution >= 0.6 is 0 Å². The molecule has 0 radical (unpaired) electrons. The summed E-state index contributed by atoms with van der Waals surface area (Å²) in [5, 5.41) is 0.995. The van der Waals surface area contributed by atoms with Crippen molar-refractivity contribution in [3.63, 3.8) is 0 Å². The lowest BCUT2D eigenvalue weighted by Crippen LogP contribution is -2.15. The van der Waals surface area contributed by atoms with E-state index in [4.69, 9.17) is 20.2 Å². The van der Waals surface area contributed by atoms with Gasteiger partial charge in [-0.05, 0) is 37.3 Å². The first-order chi connectivity index (χ1) is 9.83. The maximum Gasteiger partial charge on any atom is 0.163 e. The van der Waals surface area contributed by atoms with Crippen LogP contribution in [-0.2, 0) is 12.8 Å². The third-order valence-corrected chi connectivity index (χ3v) is 4.22. The van der Waals surface area contributed by atoms with Crippen LogP contribution in [0.2, 0.25) is 0 Å². The quantitative estimate of drug-likeness (QED) is 0.748. The molecule has 0 saturated heterocycles. The molecule has 0 atom stereocenters. The van der Waals surface area contributed by atoms with Crippen molar-refractivity contribution in [1.82, 2.24) is 4.98 Å². The maximum atomic E-state index is 6.41. The molecule has 1 aromatic carbocycles. The minimum absolute atomic E-state index is 0.594. The lowest BCUT2D eigenvalue weighted by molar-refractivity contribution is 0.172. The highest BCUT2D eigenvalue weighted by molar-refractivity contribution is 5.94. The number of pyridine rings is 1. The summed E-state index contributed by atoms with van der Waals surface area (Å²) in [5.74, 6) is 1.56. The molecule has 1 aliphatic heterocycles. The van der Waals surface area contributed by atoms with Crippen molar-refractivity contribution in [3.8, 4) is 11.5 Å². The van der Waals surface area contributed by atoms with Gasteiger partial charge in [0.05, 0.1) is 5.52 Å². The van der Waals surface area contributed by atoms with Gasteiger partial charge in [-0.25, -0.2) is 0 Å². The van der Waals surface area contributed by atoms with Crippen molar-refractivity contribution in [2.75, 3.05) is 18.9 Å². The Balaban J connectivity index is 1.96. The van der Waals surface area contributed by atoms with Crippen LogP contribution in [0, 0.1) is 0 Å². The number of aromatic nitrogens is 1. The molecule has 1 aliphatic carbocycles. The zero-order valence-corrected chi connectivity index (χ0v) is 11.4. The van der Waals surface area contributed by atoms with Crippen LogP contribution in [0.3, 0.4) is 0 Å². The summed E-state index contributed by atoms with van der Waals surface area (Å²) in [6, 6.07) is 3.95. The number of aryl methyl sites for hydroxylation is 1. The third kappa shape index (κ3) is 1.79. The predicted molar refractivity (Wildman–Crippen MR) is 78.4 cm³/mol. The lowest BCUT2D eigenvalue weighted by Gasteiger charge is -2.20. The molecule has 4 nitrogen and oxygen atoms in total. The summed E-state index contributed by atoms with van der Waals surface area (Å²) in [6.45, 7) is 1.19. The average Bonchev–Trinajstić information content (AvgIpc) is 2.71. The molecule has 4 rings (SSSR count). The van der Waals surface area contributed by atoms with Gasteiger partial charge in [-0.2, -0.15) is 0 Å². The van der Waals surface area contributed by atoms with Gasteiger partial charge in [0.15, 0.2) is 11.5 Å². The van der Waals surface area contributed by atoms with Crippen LogP contribution in [0.1, 0.15) is 30.5 Å². The summed E-state index contributed by atoms with van der Waals surface area (Å²) in [6.07, 6.45) is 5.74. The van der Waals surface area contributed by atoms with Gasteiger partial charge in [0, 0.05) is 22.8 Å². The Hall–Kier alpha value is -1.97. The normalized spacial score (nSPS) is 17.6. The molecule has 2 N–H and O–H groups in total. The molecule has 0 amide bonds. The molecular weight excluding hydrogens is 252 g/mol. The Morgan fingerprint density at radius 2 is 1.70 bits per heavy atom. The second-order valence-electron chi connectivity index (χ2n) is 5.52. The molecule has 1 aromatic heterocycles. The molecule has 2 aromatic rings. The van der Waals surface area contributed by atoms with Gasteiger partial charge < -0.3 is 15.2 Å². The SMILES string of the molecule is Nc1c2c(nc3cc4c(cc13)OCCO4)CCCCC2. The summed E-state index contributed by atoms with van der Waals surface area (Å²) in [7, 11) is 0. The minimum atomic E-state index is 0.594. The molecule has 2 aliphatic rings. The van der Waals surface area contributed by atoms with Crippen LogP contribution in [-0.4, -0.2) is 18.2 Å². The molecule has 0 unspecified atom stereocenters. The van der Waals surface area contributed by atoms with E-state index in [2.05, 4.69) is 0 Å². The van der Waals surface area contributed by atoms with Gasteiger partial charge in [-0.3, -0.25) is 4.98 Å². The first-order valence-corrected chi connectivity index (χ1v) is 7.33. The fraction of sp³-hybridized carbons (Fsp3) is 0.438. The fourth-order valence-corrected chi connectivity index (χ4v) is 3.17. The van der Waals surface area contributed by atoms with E-state index < -0.39 is 0 Å². The molecule has 104 valence electrons. The van der Waals surface area contributed by atoms with E-state index in [0.717, 1.165) is 40.9 Å². The number of rotatable bonds is 0. The zero-order valence-electron chi connectivity index (χ0n) is 11.4. The molecule has 4 heteroatoms. The number of benzene rings is 1. The van der Waals surface area contributed by atoms with Crippen LogP contribution in [0.15, 0.2) is 12.1 Å². The average molecular weight is 270 g/mol. The molecule has 2 heterocycles. The number of ether oxygens (including phenoxy) is 2. The number of hydrogen-bond acceptors (Lipinski definition) is 4. The third-order valence-electron chi connectivity index (χ3n) is 4.22. The first kappa shape index (κ1) is 11.8. The van der Waals surface area contributed by atoms with Crippen molar-refractivity contribution in [2.45, 2.75) is 32.1 Å². The van der Waals surface area contributed by atoms with Gasteiger partial charge in [0.1, 0.15) is 13.2 Å². The summed E-state index contributed by atoms with van der Waals surface area (Å²) in [4.78, 5) is 4.83. The number of nitrogens with zero attached hydrogens (tertiary/aromatic N) is 1. The largest absolute Gasteiger partial charge is 0.486 e. The molecule has 0 fully saturated rings. The minimum Gasteiger partial charge on any atom is -0.486 e. The second-order valence-corrected chi connectivity index (χ2v) is 5.52. The maximum absolute atomic E-state index is 6.41. The van der Waals surface area contributed by atoms with Gasteiger partial charge in [-0.1, -0.05) is 6.42 Å². The molecular formula is C16H18N2O2. The van der Waals surface area contributed by atoms with Crippen LogP contribution in [0.5, 0.6) is 11.5 Å². The highest BCUT2D eigenvalue weighted by atomic mass is 16.6. The van der Waals surface area contributed by atoms with E-state index in [1.54, 1.807) is 0 Å². The topological polar surface area (TPSA) is 57.4 Å². The van der Waals surface area contributed by atoms with Crippen molar-refractivity contribution in [2.24, 2.45) is 0 Å². The zero-order chi connectivity index (χ0) is 13.5. The molecule has 0 bridgehead atoms. The van der Waals surface area contributed by atoms with E-state index in [0.29, 0.717) is 13.2 Å². The second kappa shape index (κ2) is 4.54. The van der Waals surface area contributed by atoms with Crippen molar-refractivity contribution in [3.05, 3.63) is 23.4 Å². The predicted octanol–water partition coefficient (Wildman–Crippen LogP) is 2.86. The van der Waals surface area contributed by atoms with Crippen molar-refractivity contribution in [1.29, 1.82) is 0 Å². The lowest BCUT2D eigenvalue weighted by atomic mass is 10.0. The standard InChI is InChI=1S/C16H18N2O2/c17-16-10-4-2-1-3-5-12(10)18-13-9-15-14(8-11(13)16)19-6-7-20-15/h8-9H,1-7H2,(H2,17,18). The van der Waals surface area contributed by atoms with Crippen LogP contribution in [0.25, 0.3) is 10.9 Å². The fourth-order valence-electron chi connectivity index (χ4n) is 3.17. The monoisotopic (exact) mass is 270 g/mol. The Bertz CT molecular complexity index is 682. The van der Waals surface area contributed by atoms with Gasteiger partial charge >= 0.3 is 0 Å². The van der Waals surface area contributed by atoms with Crippen LogP contribution in [0.4, 0.5) is 5.69 Å². The van der Waals surface area contributed by atoms with Gasteiger partial charge in [0.2, 0.25) is 0 Å². The number of nitrogen functional groups attached to an aromatic ring is 1. The van der Waals surface area contributed by atoms with E-state index in [9.17, 15) is 0 Å². The van der Waals surface area contributed by atoms with Gasteiger partial charge in [0.25, 0.3) is 0 Å². The summed E-state index contributed by atoms with van der Waals surface area (Å²) >= 11 is 0. The Kier molecular flexibility index (Phi) is 2.69. The van der Waals surface area contributed by atoms with E-state index in [1.165, 1.54) is 30.5 Å². The summed E-state index contributed by atoms with van der Waals surface area (Å²) < 4.78 is 11.3. The highest BCUT2D eigenvalue weighted by Crippen LogP contribution is 2.38. The number of anilines is 1. The number of nitrogens with two attached hydrogens (primary N) is 1. The molecule has 0 saturated carbocycles. The summed E-state index contributed by atoms with van der Waals surface area (Å²) in [5.41, 5.74) is 10.6. The number of fused-ring (bicyclic) bond motifs is 3. The Morgan fingerprint density at radius 1 is 0.950 bits per heavy atom. The van der Waals surface area contributed by atoms with E-state index >= 15 is 0 Å². The van der Waals surface area contributed by atoms with Gasteiger partial charge in [-0.15, -0.1) is 0 Å². The molecule has 0 spiro atoms. The first-order valence-electron chi connectivity index (χ1n) is 7.33. The smallest absolute Gasteiger partial charge is 0.163 e. The Morgan fingerprint density at radius 3 is 2.55 bits per heavy atom. The van der Waals surface area contributed by atoms with Crippen LogP contribution < -0.4 is 15.2 Å². The van der Waals surface area contributed by atoms with Crippen molar-refractivity contribution < 1.29 is 9.47 Å². The van der Waals surface area contributed by atoms with E-state index in [-0.39, 0.29) is 0 Å². The molecule has 20 heavy (non-hydrogen) atoms. The highest BCUT2D eigenvalue weighted by Gasteiger charge is 2.19. The Labute approximate surface area is 117 Å². The van der Waals surface area contributed by atoms with E-state index in [1.807, 2.05) is 12.1 Å².